The van der Waals surface area contributed by atoms with Crippen LogP contribution in [0.2, 0.25) is 0 Å². The molecular formula is C19H26N2S. The van der Waals surface area contributed by atoms with Crippen LogP contribution in [0.5, 0.6) is 0 Å². The van der Waals surface area contributed by atoms with E-state index in [0.717, 1.165) is 17.9 Å². The molecule has 4 aliphatic rings. The number of nitrogens with zero attached hydrogens (tertiary/aromatic N) is 1. The molecule has 0 aromatic heterocycles. The van der Waals surface area contributed by atoms with Crippen LogP contribution in [0, 0.1) is 0 Å². The van der Waals surface area contributed by atoms with Gasteiger partial charge in [-0.05, 0) is 61.1 Å². The van der Waals surface area contributed by atoms with Gasteiger partial charge in [0.05, 0.1) is 5.69 Å². The summed E-state index contributed by atoms with van der Waals surface area (Å²) in [5.41, 5.74) is 4.97. The highest BCUT2D eigenvalue weighted by Crippen LogP contribution is 2.51. The highest BCUT2D eigenvalue weighted by molar-refractivity contribution is 7.99. The lowest BCUT2D eigenvalue weighted by Gasteiger charge is -2.33. The number of hydrogen-bond donors (Lipinski definition) is 1. The molecule has 1 N–H and O–H groups in total. The smallest absolute Gasteiger partial charge is 0.0544 e. The average Bonchev–Trinajstić information content (AvgIpc) is 3.13. The molecular weight excluding hydrogens is 288 g/mol. The summed E-state index contributed by atoms with van der Waals surface area (Å²) in [5.74, 6) is 2.88. The molecule has 1 saturated carbocycles. The zero-order valence-corrected chi connectivity index (χ0v) is 14.1. The lowest BCUT2D eigenvalue weighted by Crippen LogP contribution is -2.44. The van der Waals surface area contributed by atoms with Gasteiger partial charge in [0.1, 0.15) is 0 Å². The van der Waals surface area contributed by atoms with Gasteiger partial charge in [-0.1, -0.05) is 18.9 Å². The summed E-state index contributed by atoms with van der Waals surface area (Å²) in [7, 11) is 0. The van der Waals surface area contributed by atoms with Gasteiger partial charge in [0.15, 0.2) is 0 Å². The van der Waals surface area contributed by atoms with Crippen molar-refractivity contribution >= 4 is 17.4 Å². The molecule has 3 aliphatic heterocycles. The first-order valence-electron chi connectivity index (χ1n) is 9.20. The van der Waals surface area contributed by atoms with Crippen molar-refractivity contribution in [3.8, 4) is 0 Å². The number of rotatable bonds is 1. The lowest BCUT2D eigenvalue weighted by molar-refractivity contribution is 0.403. The summed E-state index contributed by atoms with van der Waals surface area (Å²) in [4.78, 5) is 4.39. The Hall–Kier alpha value is -0.670. The van der Waals surface area contributed by atoms with Crippen LogP contribution in [0.25, 0.3) is 0 Å². The number of anilines is 1. The SMILES string of the molecule is c1c(C2CCCC2)cc2c3c1SCCCN3[C@H]1CCNC[C@@H]21. The van der Waals surface area contributed by atoms with Crippen molar-refractivity contribution in [2.24, 2.45) is 0 Å². The first-order valence-corrected chi connectivity index (χ1v) is 10.2. The van der Waals surface area contributed by atoms with Gasteiger partial charge in [0.25, 0.3) is 0 Å². The maximum absolute atomic E-state index is 3.65. The second-order valence-corrected chi connectivity index (χ2v) is 8.64. The van der Waals surface area contributed by atoms with E-state index in [4.69, 9.17) is 0 Å². The molecule has 2 fully saturated rings. The second kappa shape index (κ2) is 5.45. The zero-order valence-electron chi connectivity index (χ0n) is 13.3. The molecule has 1 aliphatic carbocycles. The molecule has 0 unspecified atom stereocenters. The molecule has 3 heterocycles. The second-order valence-electron chi connectivity index (χ2n) is 7.50. The van der Waals surface area contributed by atoms with Crippen LogP contribution in [-0.4, -0.2) is 31.4 Å². The molecule has 0 bridgehead atoms. The molecule has 0 spiro atoms. The van der Waals surface area contributed by atoms with E-state index < -0.39 is 0 Å². The Bertz CT molecular complexity index is 579. The minimum atomic E-state index is 0.738. The van der Waals surface area contributed by atoms with Crippen LogP contribution in [0.1, 0.15) is 61.5 Å². The third kappa shape index (κ3) is 2.05. The maximum atomic E-state index is 3.65. The minimum Gasteiger partial charge on any atom is -0.367 e. The molecule has 1 aromatic carbocycles. The molecule has 2 atom stereocenters. The zero-order chi connectivity index (χ0) is 14.5. The van der Waals surface area contributed by atoms with Gasteiger partial charge in [-0.3, -0.25) is 0 Å². The van der Waals surface area contributed by atoms with E-state index in [-0.39, 0.29) is 0 Å². The van der Waals surface area contributed by atoms with Crippen LogP contribution < -0.4 is 10.2 Å². The van der Waals surface area contributed by atoms with Crippen LogP contribution in [0.4, 0.5) is 5.69 Å². The fourth-order valence-electron chi connectivity index (χ4n) is 5.24. The molecule has 22 heavy (non-hydrogen) atoms. The number of thioether (sulfide) groups is 1. The molecule has 1 saturated heterocycles. The number of hydrogen-bond acceptors (Lipinski definition) is 3. The minimum absolute atomic E-state index is 0.738. The monoisotopic (exact) mass is 314 g/mol. The highest BCUT2D eigenvalue weighted by atomic mass is 32.2. The molecule has 3 heteroatoms. The highest BCUT2D eigenvalue weighted by Gasteiger charge is 2.42. The first-order chi connectivity index (χ1) is 10.9. The van der Waals surface area contributed by atoms with E-state index in [1.165, 1.54) is 63.9 Å². The van der Waals surface area contributed by atoms with Gasteiger partial charge in [-0.15, -0.1) is 11.8 Å². The Morgan fingerprint density at radius 2 is 2.00 bits per heavy atom. The van der Waals surface area contributed by atoms with E-state index in [1.54, 1.807) is 21.7 Å². The third-order valence-electron chi connectivity index (χ3n) is 6.29. The molecule has 0 radical (unpaired) electrons. The fourth-order valence-corrected chi connectivity index (χ4v) is 6.33. The van der Waals surface area contributed by atoms with Crippen LogP contribution in [-0.2, 0) is 0 Å². The topological polar surface area (TPSA) is 15.3 Å². The van der Waals surface area contributed by atoms with Crippen LogP contribution in [0.15, 0.2) is 17.0 Å². The predicted octanol–water partition coefficient (Wildman–Crippen LogP) is 4.11. The van der Waals surface area contributed by atoms with Gasteiger partial charge in [-0.25, -0.2) is 0 Å². The largest absolute Gasteiger partial charge is 0.367 e. The first kappa shape index (κ1) is 13.7. The summed E-state index contributed by atoms with van der Waals surface area (Å²) in [5, 5.41) is 3.65. The fraction of sp³-hybridized carbons (Fsp3) is 0.684. The van der Waals surface area contributed by atoms with Crippen molar-refractivity contribution < 1.29 is 0 Å². The molecule has 0 amide bonds. The number of nitrogens with one attached hydrogen (secondary N) is 1. The van der Waals surface area contributed by atoms with Gasteiger partial charge < -0.3 is 10.2 Å². The lowest BCUT2D eigenvalue weighted by atomic mass is 9.87. The van der Waals surface area contributed by atoms with Crippen molar-refractivity contribution in [1.29, 1.82) is 0 Å². The standard InChI is InChI=1S/C19H26N2S/c1-2-5-13(4-1)14-10-15-16-12-20-7-6-17(16)21-8-3-9-22-18(11-14)19(15)21/h10-11,13,16-17,20H,1-9,12H2/t16-,17-/m0/s1. The van der Waals surface area contributed by atoms with E-state index in [1.807, 2.05) is 0 Å². The van der Waals surface area contributed by atoms with E-state index in [0.29, 0.717) is 0 Å². The quantitative estimate of drug-likeness (QED) is 0.840. The third-order valence-corrected chi connectivity index (χ3v) is 7.40. The van der Waals surface area contributed by atoms with Crippen molar-refractivity contribution in [2.45, 2.75) is 61.3 Å². The summed E-state index contributed by atoms with van der Waals surface area (Å²) in [6.07, 6.45) is 8.36. The Balaban J connectivity index is 1.63. The van der Waals surface area contributed by atoms with Crippen LogP contribution >= 0.6 is 11.8 Å². The maximum Gasteiger partial charge on any atom is 0.0544 e. The van der Waals surface area contributed by atoms with Gasteiger partial charge in [-0.2, -0.15) is 0 Å². The Morgan fingerprint density at radius 1 is 1.09 bits per heavy atom. The molecule has 1 aromatic rings. The molecule has 5 rings (SSSR count). The Kier molecular flexibility index (Phi) is 3.40. The molecule has 118 valence electrons. The van der Waals surface area contributed by atoms with Crippen molar-refractivity contribution in [3.05, 3.63) is 23.3 Å². The van der Waals surface area contributed by atoms with E-state index in [2.05, 4.69) is 34.1 Å². The van der Waals surface area contributed by atoms with Gasteiger partial charge >= 0.3 is 0 Å². The molecule has 2 nitrogen and oxygen atoms in total. The van der Waals surface area contributed by atoms with E-state index in [9.17, 15) is 0 Å². The average molecular weight is 314 g/mol. The van der Waals surface area contributed by atoms with Gasteiger partial charge in [0, 0.05) is 29.9 Å². The Morgan fingerprint density at radius 3 is 2.91 bits per heavy atom. The summed E-state index contributed by atoms with van der Waals surface area (Å²) in [6, 6.07) is 5.96. The van der Waals surface area contributed by atoms with Crippen molar-refractivity contribution in [2.75, 3.05) is 30.3 Å². The van der Waals surface area contributed by atoms with Crippen molar-refractivity contribution in [1.82, 2.24) is 5.32 Å². The number of piperidine rings is 1. The summed E-state index contributed by atoms with van der Waals surface area (Å²) < 4.78 is 0. The normalized spacial score (nSPS) is 31.0. The number of fused-ring (bicyclic) bond motifs is 3. The Labute approximate surface area is 138 Å². The summed E-state index contributed by atoms with van der Waals surface area (Å²) >= 11 is 2.12. The summed E-state index contributed by atoms with van der Waals surface area (Å²) in [6.45, 7) is 3.66. The predicted molar refractivity (Wildman–Crippen MR) is 94.4 cm³/mol. The van der Waals surface area contributed by atoms with Gasteiger partial charge in [0.2, 0.25) is 0 Å². The van der Waals surface area contributed by atoms with Crippen LogP contribution in [0.3, 0.4) is 0 Å². The van der Waals surface area contributed by atoms with Crippen molar-refractivity contribution in [3.63, 3.8) is 0 Å². The number of benzene rings is 1. The van der Waals surface area contributed by atoms with E-state index >= 15 is 0 Å².